The first-order valence-corrected chi connectivity index (χ1v) is 8.56. The Morgan fingerprint density at radius 2 is 2.18 bits per heavy atom. The highest BCUT2D eigenvalue weighted by molar-refractivity contribution is 9.10. The molecule has 6 heteroatoms. The number of rotatable bonds is 4. The molecule has 1 saturated heterocycles. The molecule has 1 saturated carbocycles. The third-order valence-electron chi connectivity index (χ3n) is 4.91. The number of nitrogens with zero attached hydrogens (tertiary/aromatic N) is 1. The van der Waals surface area contributed by atoms with Crippen molar-refractivity contribution in [2.75, 3.05) is 13.2 Å². The lowest BCUT2D eigenvalue weighted by Gasteiger charge is -2.36. The Kier molecular flexibility index (Phi) is 4.52. The van der Waals surface area contributed by atoms with Gasteiger partial charge in [0.25, 0.3) is 0 Å². The number of aromatic nitrogens is 1. The quantitative estimate of drug-likeness (QED) is 0.799. The highest BCUT2D eigenvalue weighted by Gasteiger charge is 2.51. The highest BCUT2D eigenvalue weighted by atomic mass is 79.9. The lowest BCUT2D eigenvalue weighted by atomic mass is 9.76. The van der Waals surface area contributed by atoms with Gasteiger partial charge in [0.1, 0.15) is 16.8 Å². The number of pyridine rings is 1. The van der Waals surface area contributed by atoms with Crippen LogP contribution in [-0.4, -0.2) is 34.8 Å². The first-order chi connectivity index (χ1) is 10.6. The number of hydrogen-bond acceptors (Lipinski definition) is 4. The topological polar surface area (TPSA) is 71.5 Å². The number of ether oxygens (including phenoxy) is 1. The zero-order valence-corrected chi connectivity index (χ0v) is 14.1. The van der Waals surface area contributed by atoms with Gasteiger partial charge < -0.3 is 15.2 Å². The number of hydrogen-bond donors (Lipinski definition) is 2. The minimum absolute atomic E-state index is 0.0754. The predicted molar refractivity (Wildman–Crippen MR) is 85.6 cm³/mol. The first-order valence-electron chi connectivity index (χ1n) is 7.77. The smallest absolute Gasteiger partial charge is 0.329 e. The molecule has 2 fully saturated rings. The molecule has 5 nitrogen and oxygen atoms in total. The Bertz CT molecular complexity index is 560. The van der Waals surface area contributed by atoms with Gasteiger partial charge in [-0.1, -0.05) is 25.3 Å². The second-order valence-electron chi connectivity index (χ2n) is 6.39. The summed E-state index contributed by atoms with van der Waals surface area (Å²) in [6.07, 6.45) is 8.50. The van der Waals surface area contributed by atoms with E-state index in [0.29, 0.717) is 6.54 Å². The fourth-order valence-corrected chi connectivity index (χ4v) is 4.49. The van der Waals surface area contributed by atoms with Gasteiger partial charge in [-0.2, -0.15) is 0 Å². The molecule has 2 N–H and O–H groups in total. The van der Waals surface area contributed by atoms with Crippen LogP contribution in [0.5, 0.6) is 0 Å². The summed E-state index contributed by atoms with van der Waals surface area (Å²) in [5, 5.41) is 12.7. The van der Waals surface area contributed by atoms with Crippen molar-refractivity contribution in [3.05, 3.63) is 28.5 Å². The van der Waals surface area contributed by atoms with Crippen LogP contribution in [0.4, 0.5) is 0 Å². The van der Waals surface area contributed by atoms with Gasteiger partial charge >= 0.3 is 5.97 Å². The van der Waals surface area contributed by atoms with Crippen molar-refractivity contribution in [2.24, 2.45) is 0 Å². The first kappa shape index (κ1) is 15.9. The highest BCUT2D eigenvalue weighted by Crippen LogP contribution is 2.46. The van der Waals surface area contributed by atoms with Crippen LogP contribution in [0.25, 0.3) is 0 Å². The summed E-state index contributed by atoms with van der Waals surface area (Å²) in [7, 11) is 0. The van der Waals surface area contributed by atoms with E-state index < -0.39 is 11.6 Å². The third kappa shape index (κ3) is 3.05. The van der Waals surface area contributed by atoms with Crippen LogP contribution in [0, 0.1) is 0 Å². The van der Waals surface area contributed by atoms with Crippen LogP contribution >= 0.6 is 15.9 Å². The van der Waals surface area contributed by atoms with Gasteiger partial charge in [-0.05, 0) is 34.8 Å². The van der Waals surface area contributed by atoms with Gasteiger partial charge in [-0.3, -0.25) is 0 Å². The van der Waals surface area contributed by atoms with E-state index in [-0.39, 0.29) is 12.1 Å². The van der Waals surface area contributed by atoms with Crippen LogP contribution in [-0.2, 0) is 15.1 Å². The molecule has 0 aromatic carbocycles. The van der Waals surface area contributed by atoms with E-state index in [1.54, 1.807) is 6.20 Å². The number of carbonyl (C=O) groups is 1. The molecule has 2 aliphatic rings. The normalized spacial score (nSPS) is 27.1. The summed E-state index contributed by atoms with van der Waals surface area (Å²) in [5.74, 6) is -0.941. The molecule has 22 heavy (non-hydrogen) atoms. The van der Waals surface area contributed by atoms with Crippen molar-refractivity contribution in [2.45, 2.75) is 49.7 Å². The van der Waals surface area contributed by atoms with Crippen molar-refractivity contribution in [3.8, 4) is 0 Å². The molecule has 1 aromatic heterocycles. The van der Waals surface area contributed by atoms with Crippen LogP contribution in [0.15, 0.2) is 22.9 Å². The SMILES string of the molecule is O=C(O)COC1(c2cccnc2Br)CNC2(CCCCC2)C1. The van der Waals surface area contributed by atoms with Gasteiger partial charge in [0.05, 0.1) is 0 Å². The van der Waals surface area contributed by atoms with E-state index in [0.717, 1.165) is 29.4 Å². The third-order valence-corrected chi connectivity index (χ3v) is 5.54. The van der Waals surface area contributed by atoms with E-state index in [2.05, 4.69) is 26.2 Å². The Morgan fingerprint density at radius 1 is 1.41 bits per heavy atom. The number of carboxylic acid groups (broad SMARTS) is 1. The largest absolute Gasteiger partial charge is 0.480 e. The number of carboxylic acids is 1. The molecule has 120 valence electrons. The van der Waals surface area contributed by atoms with Crippen LogP contribution < -0.4 is 5.32 Å². The second-order valence-corrected chi connectivity index (χ2v) is 7.14. The fraction of sp³-hybridized carbons (Fsp3) is 0.625. The fourth-order valence-electron chi connectivity index (χ4n) is 3.88. The van der Waals surface area contributed by atoms with E-state index in [4.69, 9.17) is 9.84 Å². The number of aliphatic carboxylic acids is 1. The molecule has 1 aromatic rings. The minimum atomic E-state index is -0.941. The predicted octanol–water partition coefficient (Wildman–Crippen LogP) is 2.84. The lowest BCUT2D eigenvalue weighted by molar-refractivity contribution is -0.150. The zero-order chi connectivity index (χ0) is 15.6. The molecular formula is C16H21BrN2O3. The van der Waals surface area contributed by atoms with Gasteiger partial charge in [0.2, 0.25) is 0 Å². The Morgan fingerprint density at radius 3 is 2.86 bits per heavy atom. The van der Waals surface area contributed by atoms with E-state index in [9.17, 15) is 4.79 Å². The monoisotopic (exact) mass is 368 g/mol. The molecule has 1 aliphatic heterocycles. The molecule has 1 unspecified atom stereocenters. The molecule has 0 bridgehead atoms. The van der Waals surface area contributed by atoms with Crippen molar-refractivity contribution in [1.29, 1.82) is 0 Å². The molecule has 2 heterocycles. The summed E-state index contributed by atoms with van der Waals surface area (Å²) in [5.41, 5.74) is 0.390. The summed E-state index contributed by atoms with van der Waals surface area (Å²) in [4.78, 5) is 15.3. The number of nitrogens with one attached hydrogen (secondary N) is 1. The summed E-state index contributed by atoms with van der Waals surface area (Å²) >= 11 is 3.49. The van der Waals surface area contributed by atoms with Crippen molar-refractivity contribution >= 4 is 21.9 Å². The molecular weight excluding hydrogens is 348 g/mol. The second kappa shape index (κ2) is 6.26. The summed E-state index contributed by atoms with van der Waals surface area (Å²) in [6, 6.07) is 3.85. The van der Waals surface area contributed by atoms with Gasteiger partial charge in [-0.25, -0.2) is 9.78 Å². The Hall–Kier alpha value is -0.980. The van der Waals surface area contributed by atoms with Crippen molar-refractivity contribution < 1.29 is 14.6 Å². The Labute approximate surface area is 138 Å². The van der Waals surface area contributed by atoms with Crippen molar-refractivity contribution in [3.63, 3.8) is 0 Å². The maximum absolute atomic E-state index is 11.0. The van der Waals surface area contributed by atoms with Crippen LogP contribution in [0.3, 0.4) is 0 Å². The summed E-state index contributed by atoms with van der Waals surface area (Å²) < 4.78 is 6.65. The van der Waals surface area contributed by atoms with E-state index >= 15 is 0 Å². The average Bonchev–Trinajstić information content (AvgIpc) is 2.86. The molecule has 0 amide bonds. The minimum Gasteiger partial charge on any atom is -0.480 e. The van der Waals surface area contributed by atoms with Gasteiger partial charge in [0, 0.05) is 30.3 Å². The van der Waals surface area contributed by atoms with Gasteiger partial charge in [0.15, 0.2) is 0 Å². The van der Waals surface area contributed by atoms with Gasteiger partial charge in [-0.15, -0.1) is 0 Å². The van der Waals surface area contributed by atoms with E-state index in [1.165, 1.54) is 19.3 Å². The maximum Gasteiger partial charge on any atom is 0.329 e. The lowest BCUT2D eigenvalue weighted by Crippen LogP contribution is -2.41. The molecule has 0 radical (unpaired) electrons. The Balaban J connectivity index is 1.91. The zero-order valence-electron chi connectivity index (χ0n) is 12.5. The maximum atomic E-state index is 11.0. The molecule has 1 spiro atoms. The average molecular weight is 369 g/mol. The summed E-state index contributed by atoms with van der Waals surface area (Å²) in [6.45, 7) is 0.337. The standard InChI is InChI=1S/C16H21BrN2O3/c17-14-12(5-4-8-18-14)16(22-9-13(20)21)10-15(19-11-16)6-2-1-3-7-15/h4-5,8,19H,1-3,6-7,9-11H2,(H,20,21). The molecule has 1 atom stereocenters. The van der Waals surface area contributed by atoms with Crippen LogP contribution in [0.1, 0.15) is 44.1 Å². The molecule has 3 rings (SSSR count). The number of halogens is 1. The van der Waals surface area contributed by atoms with E-state index in [1.807, 2.05) is 12.1 Å². The van der Waals surface area contributed by atoms with Crippen LogP contribution in [0.2, 0.25) is 0 Å². The van der Waals surface area contributed by atoms with Crippen molar-refractivity contribution in [1.82, 2.24) is 10.3 Å². The molecule has 1 aliphatic carbocycles.